The second kappa shape index (κ2) is 6.58. The first-order valence-electron chi connectivity index (χ1n) is 7.00. The summed E-state index contributed by atoms with van der Waals surface area (Å²) < 4.78 is 19.2. The summed E-state index contributed by atoms with van der Waals surface area (Å²) in [6.07, 6.45) is 5.94. The molecule has 19 heavy (non-hydrogen) atoms. The molecular formula is C15H21ClFNO. The standard InChI is InChI=1S/C15H21ClFNO/c1-2-19-15-12(16)8-11(9-13(15)17)14(18)10-6-4-3-5-7-10/h8-10,14H,2-7,18H2,1H3/t14-/m0/s1. The molecule has 0 amide bonds. The summed E-state index contributed by atoms with van der Waals surface area (Å²) in [4.78, 5) is 0. The number of hydrogen-bond donors (Lipinski definition) is 1. The number of hydrogen-bond acceptors (Lipinski definition) is 2. The van der Waals surface area contributed by atoms with E-state index in [1.807, 2.05) is 0 Å². The summed E-state index contributed by atoms with van der Waals surface area (Å²) >= 11 is 6.08. The van der Waals surface area contributed by atoms with Gasteiger partial charge in [0.15, 0.2) is 11.6 Å². The lowest BCUT2D eigenvalue weighted by Crippen LogP contribution is -2.23. The third-order valence-electron chi connectivity index (χ3n) is 3.85. The summed E-state index contributed by atoms with van der Waals surface area (Å²) in [5.41, 5.74) is 7.04. The van der Waals surface area contributed by atoms with Crippen LogP contribution in [0.2, 0.25) is 5.02 Å². The van der Waals surface area contributed by atoms with Crippen LogP contribution in [0.5, 0.6) is 5.75 Å². The Hall–Kier alpha value is -0.800. The van der Waals surface area contributed by atoms with Gasteiger partial charge in [-0.2, -0.15) is 0 Å². The van der Waals surface area contributed by atoms with Crippen LogP contribution in [0.3, 0.4) is 0 Å². The molecule has 0 spiro atoms. The van der Waals surface area contributed by atoms with Gasteiger partial charge in [0.1, 0.15) is 0 Å². The zero-order valence-electron chi connectivity index (χ0n) is 11.3. The Morgan fingerprint density at radius 3 is 2.63 bits per heavy atom. The molecule has 0 saturated heterocycles. The molecule has 1 aromatic carbocycles. The molecule has 0 aromatic heterocycles. The van der Waals surface area contributed by atoms with Crippen molar-refractivity contribution in [2.45, 2.75) is 45.1 Å². The Labute approximate surface area is 119 Å². The van der Waals surface area contributed by atoms with Gasteiger partial charge in [0.2, 0.25) is 0 Å². The molecule has 2 rings (SSSR count). The highest BCUT2D eigenvalue weighted by molar-refractivity contribution is 6.32. The van der Waals surface area contributed by atoms with E-state index < -0.39 is 5.82 Å². The van der Waals surface area contributed by atoms with E-state index in [-0.39, 0.29) is 11.8 Å². The maximum atomic E-state index is 14.0. The summed E-state index contributed by atoms with van der Waals surface area (Å²) in [5, 5.41) is 0.308. The molecule has 1 atom stereocenters. The van der Waals surface area contributed by atoms with E-state index >= 15 is 0 Å². The molecule has 0 heterocycles. The Morgan fingerprint density at radius 1 is 1.37 bits per heavy atom. The van der Waals surface area contributed by atoms with Crippen LogP contribution in [0.15, 0.2) is 12.1 Å². The SMILES string of the molecule is CCOc1c(F)cc([C@@H](N)C2CCCCC2)cc1Cl. The van der Waals surface area contributed by atoms with Gasteiger partial charge in [-0.25, -0.2) is 4.39 Å². The predicted octanol–water partition coefficient (Wildman–Crippen LogP) is 4.46. The fraction of sp³-hybridized carbons (Fsp3) is 0.600. The summed E-state index contributed by atoms with van der Waals surface area (Å²) in [6, 6.07) is 3.08. The van der Waals surface area contributed by atoms with Crippen LogP contribution in [0.25, 0.3) is 0 Å². The fourth-order valence-corrected chi connectivity index (χ4v) is 3.09. The van der Waals surface area contributed by atoms with Gasteiger partial charge in [0.05, 0.1) is 11.6 Å². The second-order valence-electron chi connectivity index (χ2n) is 5.17. The second-order valence-corrected chi connectivity index (χ2v) is 5.58. The lowest BCUT2D eigenvalue weighted by molar-refractivity contribution is 0.305. The molecule has 0 unspecified atom stereocenters. The van der Waals surface area contributed by atoms with Crippen molar-refractivity contribution in [3.8, 4) is 5.75 Å². The molecule has 106 valence electrons. The quantitative estimate of drug-likeness (QED) is 0.886. The van der Waals surface area contributed by atoms with Gasteiger partial charge >= 0.3 is 0 Å². The van der Waals surface area contributed by atoms with Crippen molar-refractivity contribution in [1.82, 2.24) is 0 Å². The van der Waals surface area contributed by atoms with Gasteiger partial charge in [-0.15, -0.1) is 0 Å². The molecule has 0 radical (unpaired) electrons. The van der Waals surface area contributed by atoms with Crippen LogP contribution in [0.1, 0.15) is 50.6 Å². The van der Waals surface area contributed by atoms with Crippen LogP contribution in [0, 0.1) is 11.7 Å². The van der Waals surface area contributed by atoms with Crippen molar-refractivity contribution >= 4 is 11.6 Å². The number of nitrogens with two attached hydrogens (primary N) is 1. The van der Waals surface area contributed by atoms with Gasteiger partial charge in [-0.05, 0) is 43.4 Å². The maximum absolute atomic E-state index is 14.0. The van der Waals surface area contributed by atoms with Crippen molar-refractivity contribution in [3.05, 3.63) is 28.5 Å². The summed E-state index contributed by atoms with van der Waals surface area (Å²) in [5.74, 6) is 0.140. The molecule has 1 saturated carbocycles. The van der Waals surface area contributed by atoms with E-state index in [1.54, 1.807) is 13.0 Å². The van der Waals surface area contributed by atoms with Crippen LogP contribution in [-0.4, -0.2) is 6.61 Å². The number of rotatable bonds is 4. The highest BCUT2D eigenvalue weighted by Crippen LogP contribution is 2.36. The Bertz CT molecular complexity index is 409. The van der Waals surface area contributed by atoms with Crippen LogP contribution >= 0.6 is 11.6 Å². The van der Waals surface area contributed by atoms with Crippen LogP contribution in [-0.2, 0) is 0 Å². The first-order chi connectivity index (χ1) is 9.13. The minimum Gasteiger partial charge on any atom is -0.489 e. The van der Waals surface area contributed by atoms with Crippen molar-refractivity contribution in [1.29, 1.82) is 0 Å². The average Bonchev–Trinajstić information content (AvgIpc) is 2.43. The first kappa shape index (κ1) is 14.6. The minimum atomic E-state index is -0.421. The Kier molecular flexibility index (Phi) is 5.06. The molecule has 1 aromatic rings. The normalized spacial score (nSPS) is 18.3. The highest BCUT2D eigenvalue weighted by atomic mass is 35.5. The molecule has 2 nitrogen and oxygen atoms in total. The molecule has 2 N–H and O–H groups in total. The van der Waals surface area contributed by atoms with E-state index in [0.29, 0.717) is 17.5 Å². The molecule has 1 fully saturated rings. The maximum Gasteiger partial charge on any atom is 0.173 e. The molecule has 0 aliphatic heterocycles. The Balaban J connectivity index is 2.20. The summed E-state index contributed by atoms with van der Waals surface area (Å²) in [7, 11) is 0. The number of benzene rings is 1. The topological polar surface area (TPSA) is 35.2 Å². The molecule has 1 aliphatic carbocycles. The highest BCUT2D eigenvalue weighted by Gasteiger charge is 2.23. The van der Waals surface area contributed by atoms with Gasteiger partial charge in [0.25, 0.3) is 0 Å². The van der Waals surface area contributed by atoms with E-state index in [1.165, 1.54) is 25.3 Å². The van der Waals surface area contributed by atoms with Crippen molar-refractivity contribution in [2.75, 3.05) is 6.61 Å². The van der Waals surface area contributed by atoms with Gasteiger partial charge < -0.3 is 10.5 Å². The number of halogens is 2. The van der Waals surface area contributed by atoms with E-state index in [9.17, 15) is 4.39 Å². The van der Waals surface area contributed by atoms with Crippen LogP contribution < -0.4 is 10.5 Å². The number of ether oxygens (including phenoxy) is 1. The monoisotopic (exact) mass is 285 g/mol. The van der Waals surface area contributed by atoms with Crippen molar-refractivity contribution in [3.63, 3.8) is 0 Å². The molecule has 0 bridgehead atoms. The van der Waals surface area contributed by atoms with Crippen LogP contribution in [0.4, 0.5) is 4.39 Å². The largest absolute Gasteiger partial charge is 0.489 e. The first-order valence-corrected chi connectivity index (χ1v) is 7.38. The van der Waals surface area contributed by atoms with E-state index in [2.05, 4.69) is 0 Å². The van der Waals surface area contributed by atoms with Gasteiger partial charge in [-0.1, -0.05) is 30.9 Å². The molecule has 4 heteroatoms. The predicted molar refractivity (Wildman–Crippen MR) is 76.1 cm³/mol. The lowest BCUT2D eigenvalue weighted by Gasteiger charge is -2.28. The Morgan fingerprint density at radius 2 is 2.05 bits per heavy atom. The molecule has 1 aliphatic rings. The van der Waals surface area contributed by atoms with Gasteiger partial charge in [-0.3, -0.25) is 0 Å². The van der Waals surface area contributed by atoms with Crippen molar-refractivity contribution in [2.24, 2.45) is 11.7 Å². The lowest BCUT2D eigenvalue weighted by atomic mass is 9.81. The molecular weight excluding hydrogens is 265 g/mol. The van der Waals surface area contributed by atoms with E-state index in [4.69, 9.17) is 22.1 Å². The van der Waals surface area contributed by atoms with E-state index in [0.717, 1.165) is 18.4 Å². The smallest absolute Gasteiger partial charge is 0.173 e. The minimum absolute atomic E-state index is 0.128. The average molecular weight is 286 g/mol. The third-order valence-corrected chi connectivity index (χ3v) is 4.13. The summed E-state index contributed by atoms with van der Waals surface area (Å²) in [6.45, 7) is 2.20. The van der Waals surface area contributed by atoms with Gasteiger partial charge in [0, 0.05) is 6.04 Å². The third kappa shape index (κ3) is 3.40. The fourth-order valence-electron chi connectivity index (χ4n) is 2.82. The zero-order chi connectivity index (χ0) is 13.8. The van der Waals surface area contributed by atoms with Crippen molar-refractivity contribution < 1.29 is 9.13 Å². The zero-order valence-corrected chi connectivity index (χ0v) is 12.0.